The number of nitrogens with zero attached hydrogens (tertiary/aromatic N) is 3. The quantitative estimate of drug-likeness (QED) is 0.449. The van der Waals surface area contributed by atoms with Crippen molar-refractivity contribution in [2.24, 2.45) is 0 Å². The van der Waals surface area contributed by atoms with Gasteiger partial charge in [0.2, 0.25) is 0 Å². The summed E-state index contributed by atoms with van der Waals surface area (Å²) in [6, 6.07) is 11.5. The molecule has 0 aliphatic carbocycles. The van der Waals surface area contributed by atoms with E-state index in [2.05, 4.69) is 83.6 Å². The molecule has 1 unspecified atom stereocenters. The molecule has 7 heteroatoms. The van der Waals surface area contributed by atoms with Crippen molar-refractivity contribution in [3.05, 3.63) is 35.9 Å². The van der Waals surface area contributed by atoms with Crippen LogP contribution in [-0.2, 0) is 20.7 Å². The van der Waals surface area contributed by atoms with E-state index in [0.717, 1.165) is 19.6 Å². The molecule has 1 N–H and O–H groups in total. The Labute approximate surface area is 191 Å². The van der Waals surface area contributed by atoms with Crippen molar-refractivity contribution in [3.8, 4) is 0 Å². The molecule has 1 fully saturated rings. The predicted octanol–water partition coefficient (Wildman–Crippen LogP) is -3.47. The van der Waals surface area contributed by atoms with Crippen LogP contribution in [0.5, 0.6) is 0 Å². The summed E-state index contributed by atoms with van der Waals surface area (Å²) in [6.07, 6.45) is 4.91. The van der Waals surface area contributed by atoms with E-state index < -0.39 is 0 Å². The Morgan fingerprint density at radius 3 is 2.00 bits per heavy atom. The van der Waals surface area contributed by atoms with Crippen LogP contribution in [0.3, 0.4) is 0 Å². The van der Waals surface area contributed by atoms with Crippen LogP contribution in [0.4, 0.5) is 0 Å². The van der Waals surface area contributed by atoms with Crippen LogP contribution in [0, 0.1) is 0 Å². The Morgan fingerprint density at radius 1 is 0.815 bits per heavy atom. The van der Waals surface area contributed by atoms with Crippen molar-refractivity contribution >= 4 is 0 Å². The molecule has 1 heterocycles. The molecule has 0 bridgehead atoms. The first kappa shape index (κ1) is 27.4. The fourth-order valence-corrected chi connectivity index (χ4v) is 4.20. The maximum absolute atomic E-state index is 3.65. The van der Waals surface area contributed by atoms with Gasteiger partial charge < -0.3 is 24.8 Å². The van der Waals surface area contributed by atoms with Gasteiger partial charge in [0.15, 0.2) is 0 Å². The van der Waals surface area contributed by atoms with Gasteiger partial charge >= 0.3 is 167 Å². The third-order valence-corrected chi connectivity index (χ3v) is 5.90. The number of hydrogen-bond acceptors (Lipinski definition) is 4. The summed E-state index contributed by atoms with van der Waals surface area (Å²) in [4.78, 5) is 4.97. The Hall–Kier alpha value is 0.354. The molecule has 0 spiro atoms. The summed E-state index contributed by atoms with van der Waals surface area (Å²) in [5, 5.41) is 3.65. The number of nitrogens with one attached hydrogen (secondary N) is 1. The third kappa shape index (κ3) is 11.2. The van der Waals surface area contributed by atoms with Gasteiger partial charge in [-0.05, 0) is 0 Å². The molecular weight excluding hydrogens is 415 g/mol. The van der Waals surface area contributed by atoms with Crippen molar-refractivity contribution in [2.45, 2.75) is 31.7 Å². The first-order valence-corrected chi connectivity index (χ1v) is 10.5. The fraction of sp³-hybridized carbons (Fsp3) is 0.700. The Bertz CT molecular complexity index is 467. The molecule has 0 saturated carbocycles. The molecule has 153 valence electrons. The zero-order chi connectivity index (χ0) is 17.9. The summed E-state index contributed by atoms with van der Waals surface area (Å²) in [6.45, 7) is 8.16. The first-order chi connectivity index (χ1) is 12.2. The summed E-state index contributed by atoms with van der Waals surface area (Å²) in [7, 11) is 4.52. The number of benzene rings is 1. The SMILES string of the molecule is CN1CCCNCCC(c2ccccc2)[N]([Ti+2])CCCN(C)CCC1.[Cl-].[Cl-]. The van der Waals surface area contributed by atoms with Crippen molar-refractivity contribution in [2.75, 3.05) is 59.9 Å². The van der Waals surface area contributed by atoms with E-state index in [1.807, 2.05) is 0 Å². The number of rotatable bonds is 1. The molecule has 1 aliphatic rings. The second-order valence-corrected chi connectivity index (χ2v) is 8.22. The Balaban J connectivity index is 0.00000338. The van der Waals surface area contributed by atoms with Crippen LogP contribution in [0.1, 0.15) is 37.3 Å². The summed E-state index contributed by atoms with van der Waals surface area (Å²) in [5.74, 6) is 0. The molecule has 0 aromatic heterocycles. The van der Waals surface area contributed by atoms with E-state index in [9.17, 15) is 0 Å². The molecule has 0 radical (unpaired) electrons. The van der Waals surface area contributed by atoms with Gasteiger partial charge in [-0.1, -0.05) is 0 Å². The molecule has 2 rings (SSSR count). The minimum Gasteiger partial charge on any atom is -1.00 e. The van der Waals surface area contributed by atoms with Crippen molar-refractivity contribution in [1.29, 1.82) is 0 Å². The summed E-state index contributed by atoms with van der Waals surface area (Å²) >= 11 is 2.29. The van der Waals surface area contributed by atoms with Crippen LogP contribution in [0.25, 0.3) is 0 Å². The molecule has 1 aromatic carbocycles. The smallest absolute Gasteiger partial charge is 1.00 e. The number of hydrogen-bond donors (Lipinski definition) is 1. The zero-order valence-electron chi connectivity index (χ0n) is 16.8. The predicted molar refractivity (Wildman–Crippen MR) is 102 cm³/mol. The van der Waals surface area contributed by atoms with Gasteiger partial charge in [-0.15, -0.1) is 0 Å². The maximum Gasteiger partial charge on any atom is -1.00 e. The topological polar surface area (TPSA) is 21.8 Å². The first-order valence-electron chi connectivity index (χ1n) is 9.77. The third-order valence-electron chi connectivity index (χ3n) is 5.07. The van der Waals surface area contributed by atoms with Crippen LogP contribution in [-0.4, -0.2) is 73.1 Å². The molecular formula is C20H35Cl2N4Ti. The average molecular weight is 450 g/mol. The van der Waals surface area contributed by atoms with Gasteiger partial charge in [0, 0.05) is 0 Å². The maximum atomic E-state index is 3.65. The second kappa shape index (κ2) is 16.2. The van der Waals surface area contributed by atoms with E-state index in [1.165, 1.54) is 57.4 Å². The van der Waals surface area contributed by atoms with E-state index in [4.69, 9.17) is 0 Å². The monoisotopic (exact) mass is 449 g/mol. The molecule has 1 aromatic rings. The molecule has 27 heavy (non-hydrogen) atoms. The fourth-order valence-electron chi connectivity index (χ4n) is 3.52. The molecule has 4 nitrogen and oxygen atoms in total. The minimum absolute atomic E-state index is 0. The summed E-state index contributed by atoms with van der Waals surface area (Å²) in [5.41, 5.74) is 1.45. The van der Waals surface area contributed by atoms with E-state index >= 15 is 0 Å². The molecule has 0 amide bonds. The van der Waals surface area contributed by atoms with E-state index in [0.29, 0.717) is 6.04 Å². The normalized spacial score (nSPS) is 23.2. The average Bonchev–Trinajstić information content (AvgIpc) is 2.61. The molecule has 1 atom stereocenters. The van der Waals surface area contributed by atoms with Crippen LogP contribution < -0.4 is 30.1 Å². The Kier molecular flexibility index (Phi) is 16.4. The molecule has 1 aliphatic heterocycles. The van der Waals surface area contributed by atoms with Crippen molar-refractivity contribution in [3.63, 3.8) is 0 Å². The van der Waals surface area contributed by atoms with Crippen molar-refractivity contribution < 1.29 is 45.5 Å². The largest absolute Gasteiger partial charge is 1.00 e. The number of halogens is 2. The Morgan fingerprint density at radius 2 is 1.37 bits per heavy atom. The summed E-state index contributed by atoms with van der Waals surface area (Å²) < 4.78 is 2.55. The standard InChI is InChI=1S/C20H35N4.2ClH.Ti/c1-23-15-6-12-21-14-11-20(19-9-4-3-5-10-19)22-13-7-16-24(2)18-8-17-23;;;/h3-5,9-10,20-21H,6-8,11-18H2,1-2H3;2*1H;/q-1;;;+3/p-2. The van der Waals surface area contributed by atoms with Crippen LogP contribution in [0.2, 0.25) is 0 Å². The van der Waals surface area contributed by atoms with Crippen LogP contribution in [0.15, 0.2) is 30.3 Å². The zero-order valence-corrected chi connectivity index (χ0v) is 19.9. The van der Waals surface area contributed by atoms with Crippen molar-refractivity contribution in [1.82, 2.24) is 18.5 Å². The second-order valence-electron chi connectivity index (χ2n) is 7.33. The van der Waals surface area contributed by atoms with Gasteiger partial charge in [-0.3, -0.25) is 0 Å². The van der Waals surface area contributed by atoms with Gasteiger partial charge in [0.05, 0.1) is 0 Å². The van der Waals surface area contributed by atoms with Gasteiger partial charge in [0.1, 0.15) is 0 Å². The van der Waals surface area contributed by atoms with Gasteiger partial charge in [-0.25, -0.2) is 0 Å². The molecule has 1 saturated heterocycles. The minimum atomic E-state index is 0. The van der Waals surface area contributed by atoms with Crippen LogP contribution >= 0.6 is 0 Å². The van der Waals surface area contributed by atoms with E-state index in [1.54, 1.807) is 0 Å². The van der Waals surface area contributed by atoms with Gasteiger partial charge in [0.25, 0.3) is 0 Å². The van der Waals surface area contributed by atoms with E-state index in [-0.39, 0.29) is 24.8 Å². The van der Waals surface area contributed by atoms with Gasteiger partial charge in [-0.2, -0.15) is 0 Å².